The number of carbonyl (C=O) groups excluding carboxylic acids is 4. The number of hydrogen-bond donors (Lipinski definition) is 3. The highest BCUT2D eigenvalue weighted by atomic mass is 16.8. The van der Waals surface area contributed by atoms with Gasteiger partial charge in [0.2, 0.25) is 17.7 Å². The number of benzene rings is 2. The maximum atomic E-state index is 14.0. The lowest BCUT2D eigenvalue weighted by molar-refractivity contribution is -0.135. The third kappa shape index (κ3) is 11.2. The molecule has 0 radical (unpaired) electrons. The zero-order chi connectivity index (χ0) is 34.8. The number of Topliss-reactive ketones (excluding diaryl/α,β-unsaturated/α-hetero) is 1. The summed E-state index contributed by atoms with van der Waals surface area (Å²) in [5.41, 5.74) is 1.08. The van der Waals surface area contributed by atoms with Crippen molar-refractivity contribution in [2.75, 3.05) is 13.7 Å². The SMILES string of the molecule is COC1OC1C[C@@H](CCc1ccccc1)C(=O)NC(CC(C)C)C(=O)N[C@@H](Cc1ccccc1)C(=O)N[C@@H](CC(C)C)C(=O)[C@@]1(C)CO1. The summed E-state index contributed by atoms with van der Waals surface area (Å²) in [6.07, 6.45) is 2.29. The van der Waals surface area contributed by atoms with Gasteiger partial charge in [-0.2, -0.15) is 0 Å². The van der Waals surface area contributed by atoms with Gasteiger partial charge >= 0.3 is 0 Å². The van der Waals surface area contributed by atoms with E-state index in [4.69, 9.17) is 14.2 Å². The number of nitrogens with one attached hydrogen (secondary N) is 3. The van der Waals surface area contributed by atoms with Gasteiger partial charge in [0.05, 0.1) is 12.6 Å². The average molecular weight is 664 g/mol. The molecule has 0 aromatic heterocycles. The molecule has 7 atom stereocenters. The van der Waals surface area contributed by atoms with E-state index in [-0.39, 0.29) is 42.3 Å². The van der Waals surface area contributed by atoms with E-state index >= 15 is 0 Å². The second kappa shape index (κ2) is 17.2. The molecule has 0 aliphatic carbocycles. The molecular formula is C38H53N3O7. The van der Waals surface area contributed by atoms with Gasteiger partial charge in [-0.3, -0.25) is 19.2 Å². The molecule has 10 heteroatoms. The van der Waals surface area contributed by atoms with E-state index in [1.54, 1.807) is 14.0 Å². The van der Waals surface area contributed by atoms with E-state index in [0.29, 0.717) is 38.7 Å². The summed E-state index contributed by atoms with van der Waals surface area (Å²) in [5, 5.41) is 8.90. The van der Waals surface area contributed by atoms with Gasteiger partial charge in [0, 0.05) is 19.4 Å². The average Bonchev–Trinajstić information content (AvgIpc) is 3.99. The van der Waals surface area contributed by atoms with Crippen LogP contribution in [0.15, 0.2) is 60.7 Å². The predicted octanol–water partition coefficient (Wildman–Crippen LogP) is 4.14. The summed E-state index contributed by atoms with van der Waals surface area (Å²) in [4.78, 5) is 55.0. The Kier molecular flexibility index (Phi) is 13.3. The molecule has 2 heterocycles. The first kappa shape index (κ1) is 37.2. The van der Waals surface area contributed by atoms with Gasteiger partial charge in [-0.15, -0.1) is 0 Å². The Morgan fingerprint density at radius 2 is 1.31 bits per heavy atom. The van der Waals surface area contributed by atoms with Crippen LogP contribution in [0.2, 0.25) is 0 Å². The molecule has 3 amide bonds. The van der Waals surface area contributed by atoms with E-state index < -0.39 is 41.5 Å². The van der Waals surface area contributed by atoms with E-state index in [9.17, 15) is 19.2 Å². The van der Waals surface area contributed by atoms with Crippen LogP contribution in [0.1, 0.15) is 71.4 Å². The summed E-state index contributed by atoms with van der Waals surface area (Å²) < 4.78 is 16.3. The number of carbonyl (C=O) groups is 4. The van der Waals surface area contributed by atoms with Crippen LogP contribution in [0.3, 0.4) is 0 Å². The predicted molar refractivity (Wildman–Crippen MR) is 183 cm³/mol. The van der Waals surface area contributed by atoms with Gasteiger partial charge < -0.3 is 30.2 Å². The van der Waals surface area contributed by atoms with Crippen molar-refractivity contribution in [3.8, 4) is 0 Å². The molecule has 4 rings (SSSR count). The molecule has 2 aromatic carbocycles. The molecule has 0 spiro atoms. The van der Waals surface area contributed by atoms with E-state index in [1.165, 1.54) is 0 Å². The fourth-order valence-electron chi connectivity index (χ4n) is 6.04. The molecular weight excluding hydrogens is 610 g/mol. The maximum Gasteiger partial charge on any atom is 0.243 e. The van der Waals surface area contributed by atoms with Crippen LogP contribution in [0.4, 0.5) is 0 Å². The van der Waals surface area contributed by atoms with Crippen LogP contribution in [0, 0.1) is 17.8 Å². The fourth-order valence-corrected chi connectivity index (χ4v) is 6.04. The van der Waals surface area contributed by atoms with Crippen LogP contribution < -0.4 is 16.0 Å². The van der Waals surface area contributed by atoms with Gasteiger partial charge in [0.15, 0.2) is 12.1 Å². The van der Waals surface area contributed by atoms with Gasteiger partial charge in [-0.1, -0.05) is 88.4 Å². The summed E-state index contributed by atoms with van der Waals surface area (Å²) in [7, 11) is 1.58. The first-order valence-corrected chi connectivity index (χ1v) is 17.2. The Balaban J connectivity index is 1.50. The van der Waals surface area contributed by atoms with E-state index in [2.05, 4.69) is 16.0 Å². The largest absolute Gasteiger partial charge is 0.361 e. The van der Waals surface area contributed by atoms with Gasteiger partial charge in [-0.25, -0.2) is 0 Å². The minimum absolute atomic E-state index is 0.0854. The molecule has 2 saturated heterocycles. The molecule has 3 unspecified atom stereocenters. The first-order chi connectivity index (χ1) is 22.9. The Morgan fingerprint density at radius 3 is 1.85 bits per heavy atom. The Hall–Kier alpha value is -3.60. The van der Waals surface area contributed by atoms with Crippen molar-refractivity contribution < 1.29 is 33.4 Å². The van der Waals surface area contributed by atoms with Crippen LogP contribution in [0.5, 0.6) is 0 Å². The van der Waals surface area contributed by atoms with Gasteiger partial charge in [0.25, 0.3) is 0 Å². The topological polar surface area (TPSA) is 139 Å². The van der Waals surface area contributed by atoms with Crippen molar-refractivity contribution in [3.63, 3.8) is 0 Å². The molecule has 2 fully saturated rings. The fraction of sp³-hybridized carbons (Fsp3) is 0.579. The van der Waals surface area contributed by atoms with Crippen molar-refractivity contribution in [3.05, 3.63) is 71.8 Å². The quantitative estimate of drug-likeness (QED) is 0.181. The van der Waals surface area contributed by atoms with Crippen molar-refractivity contribution in [1.29, 1.82) is 0 Å². The minimum atomic E-state index is -0.974. The molecule has 2 aromatic rings. The zero-order valence-electron chi connectivity index (χ0n) is 29.2. The third-order valence-corrected chi connectivity index (χ3v) is 8.97. The number of hydrogen-bond acceptors (Lipinski definition) is 7. The highest BCUT2D eigenvalue weighted by molar-refractivity contribution is 5.98. The Morgan fingerprint density at radius 1 is 0.792 bits per heavy atom. The second-order valence-corrected chi connectivity index (χ2v) is 14.3. The second-order valence-electron chi connectivity index (χ2n) is 14.3. The van der Waals surface area contributed by atoms with Crippen molar-refractivity contribution in [1.82, 2.24) is 16.0 Å². The van der Waals surface area contributed by atoms with Crippen LogP contribution in [0.25, 0.3) is 0 Å². The Bertz CT molecular complexity index is 1360. The number of rotatable bonds is 20. The smallest absolute Gasteiger partial charge is 0.243 e. The van der Waals surface area contributed by atoms with E-state index in [1.807, 2.05) is 88.4 Å². The number of ether oxygens (including phenoxy) is 3. The molecule has 0 bridgehead atoms. The molecule has 2 aliphatic heterocycles. The molecule has 48 heavy (non-hydrogen) atoms. The standard InChI is InChI=1S/C38H53N3O7/c1-24(2)19-29(33(42)38(5)23-47-38)39-36(45)31(21-27-15-11-8-12-16-27)41-35(44)30(20-25(3)4)40-34(43)28(22-32-37(46-6)48-32)18-17-26-13-9-7-10-14-26/h7-16,24-25,28-32,37H,17-23H2,1-6H3,(H,39,45)(H,40,43)(H,41,44)/t28-,29+,30?,31+,32?,37?,38-/m1/s1. The summed E-state index contributed by atoms with van der Waals surface area (Å²) in [6.45, 7) is 10.00. The molecule has 262 valence electrons. The normalized spacial score (nSPS) is 22.3. The number of amides is 3. The summed E-state index contributed by atoms with van der Waals surface area (Å²) in [5.74, 6) is -1.49. The number of epoxide rings is 2. The van der Waals surface area contributed by atoms with Crippen LogP contribution in [-0.4, -0.2) is 73.3 Å². The molecule has 2 aliphatic rings. The first-order valence-electron chi connectivity index (χ1n) is 17.2. The van der Waals surface area contributed by atoms with E-state index in [0.717, 1.165) is 11.1 Å². The molecule has 3 N–H and O–H groups in total. The Labute approximate surface area is 285 Å². The number of aryl methyl sites for hydroxylation is 1. The molecule has 0 saturated carbocycles. The number of methoxy groups -OCH3 is 1. The third-order valence-electron chi connectivity index (χ3n) is 8.97. The van der Waals surface area contributed by atoms with Gasteiger partial charge in [-0.05, 0) is 62.0 Å². The maximum absolute atomic E-state index is 14.0. The summed E-state index contributed by atoms with van der Waals surface area (Å²) >= 11 is 0. The monoisotopic (exact) mass is 663 g/mol. The highest BCUT2D eigenvalue weighted by Gasteiger charge is 2.50. The van der Waals surface area contributed by atoms with Crippen molar-refractivity contribution in [2.24, 2.45) is 17.8 Å². The van der Waals surface area contributed by atoms with Crippen molar-refractivity contribution >= 4 is 23.5 Å². The lowest BCUT2D eigenvalue weighted by atomic mass is 9.92. The number of ketones is 1. The molecule has 10 nitrogen and oxygen atoms in total. The summed E-state index contributed by atoms with van der Waals surface area (Å²) in [6, 6.07) is 16.8. The lowest BCUT2D eigenvalue weighted by Crippen LogP contribution is -2.58. The van der Waals surface area contributed by atoms with Crippen LogP contribution >= 0.6 is 0 Å². The lowest BCUT2D eigenvalue weighted by Gasteiger charge is -2.28. The van der Waals surface area contributed by atoms with Crippen LogP contribution in [-0.2, 0) is 46.2 Å². The highest BCUT2D eigenvalue weighted by Crippen LogP contribution is 2.31. The minimum Gasteiger partial charge on any atom is -0.361 e. The van der Waals surface area contributed by atoms with Gasteiger partial charge in [0.1, 0.15) is 23.8 Å². The zero-order valence-corrected chi connectivity index (χ0v) is 29.2. The van der Waals surface area contributed by atoms with Crippen molar-refractivity contribution in [2.45, 2.75) is 109 Å².